The van der Waals surface area contributed by atoms with Gasteiger partial charge in [-0.25, -0.2) is 0 Å². The molecule has 0 aliphatic carbocycles. The van der Waals surface area contributed by atoms with Crippen molar-refractivity contribution < 1.29 is 25.2 Å². The molecule has 0 bridgehead atoms. The van der Waals surface area contributed by atoms with Gasteiger partial charge in [-0.2, -0.15) is 16.8 Å². The first-order valence-corrected chi connectivity index (χ1v) is 10.4. The fourth-order valence-corrected chi connectivity index (χ4v) is 3.50. The molecule has 0 radical (unpaired) electrons. The number of hydrogen-bond acceptors (Lipinski definition) is 6. The van der Waals surface area contributed by atoms with E-state index in [1.165, 1.54) is 24.3 Å². The molecule has 0 fully saturated rings. The molecule has 0 aliphatic heterocycles. The van der Waals surface area contributed by atoms with E-state index >= 15 is 0 Å². The molecule has 0 unspecified atom stereocenters. The van der Waals surface area contributed by atoms with Gasteiger partial charge in [0.25, 0.3) is 20.2 Å². The molecule has 0 saturated carbocycles. The van der Waals surface area contributed by atoms with Crippen molar-refractivity contribution in [1.82, 2.24) is 0 Å². The van der Waals surface area contributed by atoms with Gasteiger partial charge in [-0.05, 0) is 38.1 Å². The van der Waals surface area contributed by atoms with Crippen LogP contribution in [0.15, 0.2) is 58.3 Å². The van der Waals surface area contributed by atoms with Gasteiger partial charge in [-0.15, -0.1) is 0 Å². The van der Waals surface area contributed by atoms with Crippen LogP contribution in [0.25, 0.3) is 0 Å². The summed E-state index contributed by atoms with van der Waals surface area (Å²) in [5.41, 5.74) is 1.85. The molecule has 0 N–H and O–H groups in total. The number of aryl methyl sites for hydroxylation is 2. The summed E-state index contributed by atoms with van der Waals surface area (Å²) >= 11 is 0. The Labute approximate surface area is 154 Å². The van der Waals surface area contributed by atoms with Gasteiger partial charge in [0.15, 0.2) is 0 Å². The lowest BCUT2D eigenvalue weighted by Gasteiger charge is -2.03. The molecule has 2 rings (SSSR count). The molecule has 138 valence electrons. The maximum absolute atomic E-state index is 11.9. The lowest BCUT2D eigenvalue weighted by molar-refractivity contribution is 0.355. The van der Waals surface area contributed by atoms with E-state index in [1.807, 2.05) is 13.8 Å². The SMILES string of the molecule is Cc1ccc(S(=O)(=O)O[13CH2]C#C[13CH2]OS(=O)(=O)c2ccc(C)cc2)cc1. The van der Waals surface area contributed by atoms with Crippen LogP contribution < -0.4 is 0 Å². The first-order chi connectivity index (χ1) is 12.2. The summed E-state index contributed by atoms with van der Waals surface area (Å²) in [6.07, 6.45) is 0. The van der Waals surface area contributed by atoms with Crippen molar-refractivity contribution in [2.75, 3.05) is 13.2 Å². The normalized spacial score (nSPS) is 11.6. The molecule has 0 heterocycles. The average Bonchev–Trinajstić information content (AvgIpc) is 2.58. The van der Waals surface area contributed by atoms with Crippen molar-refractivity contribution in [3.63, 3.8) is 0 Å². The van der Waals surface area contributed by atoms with Gasteiger partial charge < -0.3 is 0 Å². The lowest BCUT2D eigenvalue weighted by atomic mass is 10.2. The highest BCUT2D eigenvalue weighted by Crippen LogP contribution is 2.13. The molecule has 0 saturated heterocycles. The molecule has 2 aromatic rings. The summed E-state index contributed by atoms with van der Waals surface area (Å²) in [6.45, 7) is 2.88. The van der Waals surface area contributed by atoms with Crippen molar-refractivity contribution >= 4 is 20.2 Å². The van der Waals surface area contributed by atoms with Crippen LogP contribution in [0, 0.1) is 25.7 Å². The molecular formula is C18H18O6S2. The zero-order chi connectivity index (χ0) is 19.2. The minimum Gasteiger partial charge on any atom is -0.253 e. The molecule has 0 aliphatic rings. The highest BCUT2D eigenvalue weighted by Gasteiger charge is 2.15. The quantitative estimate of drug-likeness (QED) is 0.423. The van der Waals surface area contributed by atoms with Crippen LogP contribution in [0.1, 0.15) is 11.1 Å². The summed E-state index contributed by atoms with van der Waals surface area (Å²) in [4.78, 5) is 0.0613. The second-order valence-corrected chi connectivity index (χ2v) is 8.64. The number of rotatable bonds is 6. The van der Waals surface area contributed by atoms with Gasteiger partial charge in [0.2, 0.25) is 0 Å². The third kappa shape index (κ3) is 5.68. The van der Waals surface area contributed by atoms with E-state index in [-0.39, 0.29) is 9.79 Å². The minimum absolute atomic E-state index is 0.0306. The lowest BCUT2D eigenvalue weighted by Crippen LogP contribution is -2.08. The zero-order valence-corrected chi connectivity index (χ0v) is 15.9. The Bertz CT molecular complexity index is 926. The standard InChI is InChI=1S/C18H18O6S2/c1-15-5-9-17(10-6-15)25(19,20)23-13-3-4-14-24-26(21,22)18-11-7-16(2)8-12-18/h5-12H,13-14H2,1-2H3/i13+1,14+1. The van der Waals surface area contributed by atoms with Crippen molar-refractivity contribution in [3.8, 4) is 11.8 Å². The summed E-state index contributed by atoms with van der Waals surface area (Å²) in [5.74, 6) is 4.83. The summed E-state index contributed by atoms with van der Waals surface area (Å²) in [5, 5.41) is 0. The van der Waals surface area contributed by atoms with E-state index in [1.54, 1.807) is 24.3 Å². The molecule has 2 aromatic carbocycles. The van der Waals surface area contributed by atoms with Crippen molar-refractivity contribution in [2.45, 2.75) is 23.6 Å². The fourth-order valence-electron chi connectivity index (χ4n) is 1.86. The van der Waals surface area contributed by atoms with E-state index in [0.717, 1.165) is 11.1 Å². The van der Waals surface area contributed by atoms with Gasteiger partial charge in [0, 0.05) is 0 Å². The van der Waals surface area contributed by atoms with Crippen molar-refractivity contribution in [2.24, 2.45) is 0 Å². The third-order valence-corrected chi connectivity index (χ3v) is 5.87. The molecular weight excluding hydrogens is 378 g/mol. The second-order valence-electron chi connectivity index (χ2n) is 5.41. The van der Waals surface area contributed by atoms with Crippen LogP contribution in [-0.4, -0.2) is 30.0 Å². The first-order valence-electron chi connectivity index (χ1n) is 7.59. The highest BCUT2D eigenvalue weighted by atomic mass is 32.2. The van der Waals surface area contributed by atoms with E-state index in [4.69, 9.17) is 8.37 Å². The van der Waals surface area contributed by atoms with Crippen LogP contribution in [0.3, 0.4) is 0 Å². The van der Waals surface area contributed by atoms with E-state index in [0.29, 0.717) is 0 Å². The zero-order valence-electron chi connectivity index (χ0n) is 14.3. The highest BCUT2D eigenvalue weighted by molar-refractivity contribution is 7.87. The molecule has 0 amide bonds. The summed E-state index contributed by atoms with van der Waals surface area (Å²) < 4.78 is 57.3. The second kappa shape index (κ2) is 8.47. The Hall–Kier alpha value is -2.18. The van der Waals surface area contributed by atoms with Crippen LogP contribution in [0.5, 0.6) is 0 Å². The largest absolute Gasteiger partial charge is 0.297 e. The third-order valence-electron chi connectivity index (χ3n) is 3.32. The van der Waals surface area contributed by atoms with E-state index < -0.39 is 33.5 Å². The van der Waals surface area contributed by atoms with E-state index in [2.05, 4.69) is 11.8 Å². The smallest absolute Gasteiger partial charge is 0.253 e. The van der Waals surface area contributed by atoms with Gasteiger partial charge in [0.05, 0.1) is 9.79 Å². The van der Waals surface area contributed by atoms with Crippen LogP contribution in [0.2, 0.25) is 0 Å². The maximum atomic E-state index is 11.9. The molecule has 6 nitrogen and oxygen atoms in total. The molecule has 26 heavy (non-hydrogen) atoms. The Morgan fingerprint density at radius 2 is 0.962 bits per heavy atom. The van der Waals surface area contributed by atoms with Gasteiger partial charge in [0.1, 0.15) is 13.2 Å². The Balaban J connectivity index is 1.87. The number of benzene rings is 2. The average molecular weight is 396 g/mol. The molecule has 8 heteroatoms. The Kier molecular flexibility index (Phi) is 6.56. The predicted molar refractivity (Wildman–Crippen MR) is 96.4 cm³/mol. The Morgan fingerprint density at radius 3 is 1.27 bits per heavy atom. The summed E-state index contributed by atoms with van der Waals surface area (Å²) in [7, 11) is -7.80. The van der Waals surface area contributed by atoms with E-state index in [9.17, 15) is 16.8 Å². The van der Waals surface area contributed by atoms with Crippen LogP contribution in [-0.2, 0) is 28.6 Å². The van der Waals surface area contributed by atoms with Crippen molar-refractivity contribution in [3.05, 3.63) is 59.7 Å². The molecule has 0 atom stereocenters. The molecule has 0 spiro atoms. The first kappa shape index (κ1) is 20.1. The van der Waals surface area contributed by atoms with Gasteiger partial charge >= 0.3 is 0 Å². The topological polar surface area (TPSA) is 86.7 Å². The van der Waals surface area contributed by atoms with Crippen LogP contribution >= 0.6 is 0 Å². The summed E-state index contributed by atoms with van der Waals surface area (Å²) in [6, 6.07) is 12.4. The molecule has 0 aromatic heterocycles. The number of hydrogen-bond donors (Lipinski definition) is 0. The van der Waals surface area contributed by atoms with Gasteiger partial charge in [-0.3, -0.25) is 8.37 Å². The fraction of sp³-hybridized carbons (Fsp3) is 0.222. The monoisotopic (exact) mass is 396 g/mol. The Morgan fingerprint density at radius 1 is 0.654 bits per heavy atom. The van der Waals surface area contributed by atoms with Gasteiger partial charge in [-0.1, -0.05) is 47.2 Å². The predicted octanol–water partition coefficient (Wildman–Crippen LogP) is 2.42. The van der Waals surface area contributed by atoms with Crippen LogP contribution in [0.4, 0.5) is 0 Å². The minimum atomic E-state index is -3.90. The maximum Gasteiger partial charge on any atom is 0.297 e. The van der Waals surface area contributed by atoms with Crippen molar-refractivity contribution in [1.29, 1.82) is 0 Å².